The topological polar surface area (TPSA) is 60.9 Å². The first-order valence-electron chi connectivity index (χ1n) is 8.41. The number of hydrogen-bond donors (Lipinski definition) is 1. The largest absolute Gasteiger partial charge is 0.480 e. The van der Waals surface area contributed by atoms with Crippen LogP contribution in [-0.2, 0) is 15.0 Å². The first-order chi connectivity index (χ1) is 12.7. The van der Waals surface area contributed by atoms with E-state index < -0.39 is 12.5 Å². The monoisotopic (exact) mass is 400 g/mol. The number of thioether (sulfide) groups is 1. The number of para-hydroxylation sites is 1. The summed E-state index contributed by atoms with van der Waals surface area (Å²) in [5.41, 5.74) is 3.52. The van der Waals surface area contributed by atoms with Crippen molar-refractivity contribution < 1.29 is 14.7 Å². The Labute approximate surface area is 168 Å². The second kappa shape index (κ2) is 7.32. The minimum atomic E-state index is -1.08. The van der Waals surface area contributed by atoms with Crippen LogP contribution in [0.4, 0.5) is 5.69 Å². The zero-order chi connectivity index (χ0) is 19.8. The number of carbonyl (C=O) groups is 2. The van der Waals surface area contributed by atoms with Crippen LogP contribution in [-0.4, -0.2) is 39.8 Å². The van der Waals surface area contributed by atoms with Crippen LogP contribution < -0.4 is 4.90 Å². The summed E-state index contributed by atoms with van der Waals surface area (Å²) in [5, 5.41) is 8.87. The molecule has 0 aromatic heterocycles. The van der Waals surface area contributed by atoms with E-state index in [2.05, 4.69) is 30.9 Å². The van der Waals surface area contributed by atoms with Crippen LogP contribution in [0, 0.1) is 0 Å². The molecule has 5 nitrogen and oxygen atoms in total. The quantitative estimate of drug-likeness (QED) is 0.615. The van der Waals surface area contributed by atoms with Gasteiger partial charge in [-0.3, -0.25) is 14.5 Å². The van der Waals surface area contributed by atoms with Gasteiger partial charge in [-0.25, -0.2) is 0 Å². The molecule has 7 heteroatoms. The van der Waals surface area contributed by atoms with E-state index >= 15 is 0 Å². The van der Waals surface area contributed by atoms with Crippen molar-refractivity contribution in [2.45, 2.75) is 19.3 Å². The third-order valence-electron chi connectivity index (χ3n) is 4.72. The van der Waals surface area contributed by atoms with Crippen molar-refractivity contribution in [1.29, 1.82) is 0 Å². The second-order valence-corrected chi connectivity index (χ2v) is 8.50. The van der Waals surface area contributed by atoms with E-state index in [1.165, 1.54) is 11.3 Å². The number of fused-ring (bicyclic) bond motifs is 1. The summed E-state index contributed by atoms with van der Waals surface area (Å²) >= 11 is 6.21. The molecule has 2 heterocycles. The maximum absolute atomic E-state index is 12.2. The van der Waals surface area contributed by atoms with Crippen LogP contribution in [0.2, 0.25) is 0 Å². The first kappa shape index (κ1) is 19.4. The molecule has 140 valence electrons. The van der Waals surface area contributed by atoms with Gasteiger partial charge in [-0.05, 0) is 23.8 Å². The van der Waals surface area contributed by atoms with Crippen molar-refractivity contribution in [3.8, 4) is 0 Å². The summed E-state index contributed by atoms with van der Waals surface area (Å²) < 4.78 is 0.271. The average Bonchev–Trinajstić information content (AvgIpc) is 2.98. The van der Waals surface area contributed by atoms with Crippen LogP contribution in [0.1, 0.15) is 19.4 Å². The standard InChI is InChI=1S/C20H20N2O3S2/c1-20(2)13-8-4-5-9-14(13)21(3)16(20)11-7-6-10-15-18(25)22(12-17(23)24)19(26)27-15/h4-11H,12H2,1-3H3,(H,23,24)/b7-6+,15-10-,16-11-. The number of hydrogen-bond acceptors (Lipinski definition) is 5. The van der Waals surface area contributed by atoms with Crippen molar-refractivity contribution >= 4 is 45.9 Å². The van der Waals surface area contributed by atoms with Crippen molar-refractivity contribution in [1.82, 2.24) is 4.90 Å². The molecule has 1 aromatic rings. The van der Waals surface area contributed by atoms with Crippen molar-refractivity contribution in [2.75, 3.05) is 18.5 Å². The zero-order valence-electron chi connectivity index (χ0n) is 15.3. The van der Waals surface area contributed by atoms with Gasteiger partial charge in [0.2, 0.25) is 0 Å². The van der Waals surface area contributed by atoms with Gasteiger partial charge in [0, 0.05) is 23.8 Å². The Morgan fingerprint density at radius 1 is 1.26 bits per heavy atom. The smallest absolute Gasteiger partial charge is 0.323 e. The summed E-state index contributed by atoms with van der Waals surface area (Å²) in [6.45, 7) is 3.96. The number of benzene rings is 1. The lowest BCUT2D eigenvalue weighted by molar-refractivity contribution is -0.140. The fraction of sp³-hybridized carbons (Fsp3) is 0.250. The predicted octanol–water partition coefficient (Wildman–Crippen LogP) is 3.68. The fourth-order valence-electron chi connectivity index (χ4n) is 3.38. The third kappa shape index (κ3) is 3.57. The van der Waals surface area contributed by atoms with Gasteiger partial charge in [-0.2, -0.15) is 0 Å². The number of carboxylic acids is 1. The molecule has 0 atom stereocenters. The molecule has 0 bridgehead atoms. The summed E-state index contributed by atoms with van der Waals surface area (Å²) in [4.78, 5) is 26.8. The lowest BCUT2D eigenvalue weighted by Gasteiger charge is -2.23. The van der Waals surface area contributed by atoms with Crippen molar-refractivity contribution in [3.63, 3.8) is 0 Å². The van der Waals surface area contributed by atoms with Gasteiger partial charge in [0.15, 0.2) is 0 Å². The molecule has 27 heavy (non-hydrogen) atoms. The Kier molecular flexibility index (Phi) is 5.26. The lowest BCUT2D eigenvalue weighted by Crippen LogP contribution is -2.33. The molecular formula is C20H20N2O3S2. The van der Waals surface area contributed by atoms with E-state index in [0.717, 1.165) is 22.4 Å². The molecule has 0 saturated carbocycles. The van der Waals surface area contributed by atoms with Gasteiger partial charge < -0.3 is 10.0 Å². The number of allylic oxidation sites excluding steroid dienone is 5. The van der Waals surface area contributed by atoms with Gasteiger partial charge in [0.05, 0.1) is 4.91 Å². The molecule has 1 aromatic carbocycles. The molecule has 0 radical (unpaired) electrons. The van der Waals surface area contributed by atoms with Gasteiger partial charge >= 0.3 is 5.97 Å². The highest BCUT2D eigenvalue weighted by Gasteiger charge is 2.37. The van der Waals surface area contributed by atoms with Crippen LogP contribution in [0.5, 0.6) is 0 Å². The van der Waals surface area contributed by atoms with Gasteiger partial charge in [0.1, 0.15) is 10.9 Å². The minimum absolute atomic E-state index is 0.111. The number of carboxylic acid groups (broad SMARTS) is 1. The Bertz CT molecular complexity index is 916. The van der Waals surface area contributed by atoms with E-state index in [-0.39, 0.29) is 15.6 Å². The molecule has 1 N–H and O–H groups in total. The van der Waals surface area contributed by atoms with Gasteiger partial charge in [0.25, 0.3) is 5.91 Å². The van der Waals surface area contributed by atoms with E-state index in [1.807, 2.05) is 31.3 Å². The number of carbonyl (C=O) groups excluding carboxylic acids is 1. The first-order valence-corrected chi connectivity index (χ1v) is 9.64. The SMILES string of the molecule is CN1\C(=C/C=C/C=C2\SC(=S)N(CC(=O)O)C2=O)C(C)(C)c2ccccc21. The third-order valence-corrected chi connectivity index (χ3v) is 6.12. The number of amides is 1. The van der Waals surface area contributed by atoms with Crippen LogP contribution in [0.3, 0.4) is 0 Å². The minimum Gasteiger partial charge on any atom is -0.480 e. The molecule has 0 spiro atoms. The molecule has 3 rings (SSSR count). The number of thiocarbonyl (C=S) groups is 1. The molecular weight excluding hydrogens is 380 g/mol. The summed E-state index contributed by atoms with van der Waals surface area (Å²) in [6, 6.07) is 8.33. The molecule has 0 unspecified atom stereocenters. The van der Waals surface area contributed by atoms with Crippen LogP contribution in [0.15, 0.2) is 59.2 Å². The fourth-order valence-corrected chi connectivity index (χ4v) is 4.58. The number of aliphatic carboxylic acids is 1. The highest BCUT2D eigenvalue weighted by molar-refractivity contribution is 8.26. The summed E-state index contributed by atoms with van der Waals surface area (Å²) in [7, 11) is 2.05. The molecule has 1 amide bonds. The number of likely N-dealkylation sites (N-methyl/N-ethyl adjacent to an activating group) is 1. The highest BCUT2D eigenvalue weighted by atomic mass is 32.2. The summed E-state index contributed by atoms with van der Waals surface area (Å²) in [5.74, 6) is -1.45. The Morgan fingerprint density at radius 2 is 1.93 bits per heavy atom. The van der Waals surface area contributed by atoms with E-state index in [0.29, 0.717) is 4.91 Å². The lowest BCUT2D eigenvalue weighted by atomic mass is 9.84. The molecule has 1 fully saturated rings. The van der Waals surface area contributed by atoms with Gasteiger partial charge in [-0.15, -0.1) is 0 Å². The maximum atomic E-state index is 12.2. The molecule has 0 aliphatic carbocycles. The Hall–Kier alpha value is -2.38. The Morgan fingerprint density at radius 3 is 2.59 bits per heavy atom. The average molecular weight is 401 g/mol. The van der Waals surface area contributed by atoms with Gasteiger partial charge in [-0.1, -0.05) is 68.2 Å². The maximum Gasteiger partial charge on any atom is 0.323 e. The highest BCUT2D eigenvalue weighted by Crippen LogP contribution is 2.46. The molecule has 2 aliphatic heterocycles. The number of rotatable bonds is 4. The van der Waals surface area contributed by atoms with E-state index in [9.17, 15) is 9.59 Å². The zero-order valence-corrected chi connectivity index (χ0v) is 16.9. The normalized spacial score (nSPS) is 21.7. The van der Waals surface area contributed by atoms with Crippen molar-refractivity contribution in [3.05, 3.63) is 64.7 Å². The van der Waals surface area contributed by atoms with E-state index in [1.54, 1.807) is 12.2 Å². The van der Waals surface area contributed by atoms with E-state index in [4.69, 9.17) is 17.3 Å². The molecule has 2 aliphatic rings. The Balaban J connectivity index is 1.78. The molecule has 1 saturated heterocycles. The predicted molar refractivity (Wildman–Crippen MR) is 113 cm³/mol. The second-order valence-electron chi connectivity index (χ2n) is 6.82. The van der Waals surface area contributed by atoms with Crippen molar-refractivity contribution in [2.24, 2.45) is 0 Å². The summed E-state index contributed by atoms with van der Waals surface area (Å²) in [6.07, 6.45) is 7.39. The van der Waals surface area contributed by atoms with Crippen LogP contribution >= 0.6 is 24.0 Å². The number of nitrogens with zero attached hydrogens (tertiary/aromatic N) is 2. The number of anilines is 1. The van der Waals surface area contributed by atoms with Crippen LogP contribution in [0.25, 0.3) is 0 Å².